The minimum atomic E-state index is -0.357. The van der Waals surface area contributed by atoms with Crippen LogP contribution < -0.4 is 4.74 Å². The number of hydrogen-bond acceptors (Lipinski definition) is 4. The molecule has 0 aliphatic rings. The number of rotatable bonds is 9. The molecule has 1 aromatic carbocycles. The summed E-state index contributed by atoms with van der Waals surface area (Å²) in [6.45, 7) is 2.42. The maximum atomic E-state index is 11.6. The average Bonchev–Trinajstić information content (AvgIpc) is 2.53. The van der Waals surface area contributed by atoms with E-state index in [-0.39, 0.29) is 12.1 Å². The summed E-state index contributed by atoms with van der Waals surface area (Å²) < 4.78 is 15.5. The zero-order valence-corrected chi connectivity index (χ0v) is 13.0. The number of carbonyl (C=O) groups is 1. The molecule has 0 saturated carbocycles. The summed E-state index contributed by atoms with van der Waals surface area (Å²) in [6.07, 6.45) is 6.19. The van der Waals surface area contributed by atoms with Crippen LogP contribution in [-0.2, 0) is 14.3 Å². The number of methoxy groups -OCH3 is 2. The second-order valence-electron chi connectivity index (χ2n) is 4.74. The maximum Gasteiger partial charge on any atom is 0.330 e. The number of unbranched alkanes of at least 4 members (excludes halogenated alkanes) is 1. The third-order valence-corrected chi connectivity index (χ3v) is 3.15. The first-order valence-electron chi connectivity index (χ1n) is 7.21. The van der Waals surface area contributed by atoms with Gasteiger partial charge in [0.15, 0.2) is 0 Å². The Morgan fingerprint density at radius 2 is 1.95 bits per heavy atom. The maximum absolute atomic E-state index is 11.6. The lowest BCUT2D eigenvalue weighted by atomic mass is 10.2. The molecule has 0 bridgehead atoms. The summed E-state index contributed by atoms with van der Waals surface area (Å²) in [5.74, 6) is 0.429. The highest BCUT2D eigenvalue weighted by Gasteiger charge is 2.09. The first-order valence-corrected chi connectivity index (χ1v) is 7.21. The van der Waals surface area contributed by atoms with Crippen molar-refractivity contribution in [1.29, 1.82) is 0 Å². The highest BCUT2D eigenvalue weighted by atomic mass is 16.6. The SMILES string of the molecule is CCCCC(COC(=O)C=Cc1ccc(OC)cc1)OC. The number of benzene rings is 1. The van der Waals surface area contributed by atoms with E-state index in [1.165, 1.54) is 6.08 Å². The minimum absolute atomic E-state index is 0.0247. The summed E-state index contributed by atoms with van der Waals surface area (Å²) in [4.78, 5) is 11.6. The second-order valence-corrected chi connectivity index (χ2v) is 4.74. The van der Waals surface area contributed by atoms with Crippen LogP contribution >= 0.6 is 0 Å². The van der Waals surface area contributed by atoms with Crippen LogP contribution in [0.2, 0.25) is 0 Å². The Bertz CT molecular complexity index is 437. The predicted octanol–water partition coefficient (Wildman–Crippen LogP) is 3.46. The van der Waals surface area contributed by atoms with Gasteiger partial charge in [0.2, 0.25) is 0 Å². The fourth-order valence-electron chi connectivity index (χ4n) is 1.80. The van der Waals surface area contributed by atoms with Crippen molar-refractivity contribution in [1.82, 2.24) is 0 Å². The Kier molecular flexibility index (Phi) is 8.21. The van der Waals surface area contributed by atoms with E-state index in [0.29, 0.717) is 6.61 Å². The largest absolute Gasteiger partial charge is 0.497 e. The van der Waals surface area contributed by atoms with E-state index in [1.54, 1.807) is 20.3 Å². The van der Waals surface area contributed by atoms with Gasteiger partial charge in [-0.2, -0.15) is 0 Å². The van der Waals surface area contributed by atoms with Crippen molar-refractivity contribution in [2.24, 2.45) is 0 Å². The fourth-order valence-corrected chi connectivity index (χ4v) is 1.80. The summed E-state index contributed by atoms with van der Waals surface area (Å²) in [5.41, 5.74) is 0.919. The van der Waals surface area contributed by atoms with E-state index in [9.17, 15) is 4.79 Å². The van der Waals surface area contributed by atoms with Gasteiger partial charge < -0.3 is 14.2 Å². The molecule has 21 heavy (non-hydrogen) atoms. The van der Waals surface area contributed by atoms with Crippen LogP contribution in [0.15, 0.2) is 30.3 Å². The summed E-state index contributed by atoms with van der Waals surface area (Å²) in [7, 11) is 3.26. The van der Waals surface area contributed by atoms with Gasteiger partial charge in [-0.3, -0.25) is 0 Å². The number of esters is 1. The number of ether oxygens (including phenoxy) is 3. The van der Waals surface area contributed by atoms with Gasteiger partial charge in [-0.15, -0.1) is 0 Å². The molecule has 0 aromatic heterocycles. The van der Waals surface area contributed by atoms with Crippen LogP contribution in [0.25, 0.3) is 6.08 Å². The van der Waals surface area contributed by atoms with Gasteiger partial charge in [0.1, 0.15) is 12.4 Å². The van der Waals surface area contributed by atoms with Crippen molar-refractivity contribution in [3.8, 4) is 5.75 Å². The molecule has 1 atom stereocenters. The van der Waals surface area contributed by atoms with Gasteiger partial charge >= 0.3 is 5.97 Å². The first-order chi connectivity index (χ1) is 10.2. The molecule has 1 unspecified atom stereocenters. The molecule has 116 valence electrons. The molecule has 1 aromatic rings. The lowest BCUT2D eigenvalue weighted by Gasteiger charge is -2.14. The Balaban J connectivity index is 2.39. The molecule has 0 aliphatic heterocycles. The predicted molar refractivity (Wildman–Crippen MR) is 83.3 cm³/mol. The Hall–Kier alpha value is -1.81. The smallest absolute Gasteiger partial charge is 0.330 e. The average molecular weight is 292 g/mol. The van der Waals surface area contributed by atoms with Crippen molar-refractivity contribution in [3.63, 3.8) is 0 Å². The van der Waals surface area contributed by atoms with Gasteiger partial charge in [-0.05, 0) is 30.2 Å². The summed E-state index contributed by atoms with van der Waals surface area (Å²) in [5, 5.41) is 0. The van der Waals surface area contributed by atoms with Gasteiger partial charge in [0.25, 0.3) is 0 Å². The topological polar surface area (TPSA) is 44.8 Å². The standard InChI is InChI=1S/C17H24O4/c1-4-5-6-16(20-3)13-21-17(18)12-9-14-7-10-15(19-2)11-8-14/h7-12,16H,4-6,13H2,1-3H3. The third-order valence-electron chi connectivity index (χ3n) is 3.15. The molecule has 0 N–H and O–H groups in total. The molecule has 0 fully saturated rings. The zero-order chi connectivity index (χ0) is 15.5. The molecule has 1 rings (SSSR count). The van der Waals surface area contributed by atoms with Gasteiger partial charge in [0.05, 0.1) is 13.2 Å². The van der Waals surface area contributed by atoms with Crippen LogP contribution in [-0.4, -0.2) is 32.9 Å². The molecule has 0 aliphatic carbocycles. The van der Waals surface area contributed by atoms with Gasteiger partial charge in [-0.25, -0.2) is 4.79 Å². The molecular formula is C17H24O4. The molecule has 0 heterocycles. The fraction of sp³-hybridized carbons (Fsp3) is 0.471. The van der Waals surface area contributed by atoms with E-state index in [2.05, 4.69) is 6.92 Å². The van der Waals surface area contributed by atoms with Gasteiger partial charge in [0, 0.05) is 13.2 Å². The second kappa shape index (κ2) is 10.00. The lowest BCUT2D eigenvalue weighted by molar-refractivity contribution is -0.141. The van der Waals surface area contributed by atoms with Crippen LogP contribution in [0, 0.1) is 0 Å². The first kappa shape index (κ1) is 17.2. The highest BCUT2D eigenvalue weighted by molar-refractivity contribution is 5.87. The van der Waals surface area contributed by atoms with Crippen molar-refractivity contribution >= 4 is 12.0 Å². The third kappa shape index (κ3) is 6.95. The lowest BCUT2D eigenvalue weighted by Crippen LogP contribution is -2.20. The van der Waals surface area contributed by atoms with Crippen molar-refractivity contribution in [2.45, 2.75) is 32.3 Å². The van der Waals surface area contributed by atoms with Crippen LogP contribution in [0.1, 0.15) is 31.7 Å². The summed E-state index contributed by atoms with van der Waals surface area (Å²) in [6, 6.07) is 7.44. The zero-order valence-electron chi connectivity index (χ0n) is 13.0. The van der Waals surface area contributed by atoms with Crippen LogP contribution in [0.4, 0.5) is 0 Å². The molecular weight excluding hydrogens is 268 g/mol. The number of carbonyl (C=O) groups excluding carboxylic acids is 1. The normalized spacial score (nSPS) is 12.3. The quantitative estimate of drug-likeness (QED) is 0.516. The van der Waals surface area contributed by atoms with E-state index in [0.717, 1.165) is 30.6 Å². The Labute approximate surface area is 126 Å². The van der Waals surface area contributed by atoms with Crippen molar-refractivity contribution in [2.75, 3.05) is 20.8 Å². The number of hydrogen-bond donors (Lipinski definition) is 0. The van der Waals surface area contributed by atoms with Gasteiger partial charge in [-0.1, -0.05) is 31.9 Å². The van der Waals surface area contributed by atoms with Crippen molar-refractivity contribution in [3.05, 3.63) is 35.9 Å². The summed E-state index contributed by atoms with van der Waals surface area (Å²) >= 11 is 0. The minimum Gasteiger partial charge on any atom is -0.497 e. The molecule has 4 heteroatoms. The van der Waals surface area contributed by atoms with E-state index >= 15 is 0 Å². The van der Waals surface area contributed by atoms with Crippen LogP contribution in [0.3, 0.4) is 0 Å². The van der Waals surface area contributed by atoms with E-state index in [1.807, 2.05) is 24.3 Å². The van der Waals surface area contributed by atoms with E-state index in [4.69, 9.17) is 14.2 Å². The molecule has 0 spiro atoms. The highest BCUT2D eigenvalue weighted by Crippen LogP contribution is 2.12. The Morgan fingerprint density at radius 3 is 2.52 bits per heavy atom. The monoisotopic (exact) mass is 292 g/mol. The molecule has 0 radical (unpaired) electrons. The Morgan fingerprint density at radius 1 is 1.24 bits per heavy atom. The molecule has 4 nitrogen and oxygen atoms in total. The van der Waals surface area contributed by atoms with Crippen LogP contribution in [0.5, 0.6) is 5.75 Å². The van der Waals surface area contributed by atoms with Crippen molar-refractivity contribution < 1.29 is 19.0 Å². The molecule has 0 saturated heterocycles. The van der Waals surface area contributed by atoms with E-state index < -0.39 is 0 Å². The molecule has 0 amide bonds.